The molecule has 0 radical (unpaired) electrons. The third-order valence-electron chi connectivity index (χ3n) is 4.30. The molecule has 1 fully saturated rings. The summed E-state index contributed by atoms with van der Waals surface area (Å²) in [5.41, 5.74) is 0.935. The second-order valence-corrected chi connectivity index (χ2v) is 8.30. The highest BCUT2D eigenvalue weighted by Gasteiger charge is 2.26. The third kappa shape index (κ3) is 5.77. The number of ether oxygens (including phenoxy) is 1. The minimum atomic E-state index is -0.472. The average Bonchev–Trinajstić information content (AvgIpc) is 3.26. The number of amides is 1. The molecule has 0 saturated carbocycles. The van der Waals surface area contributed by atoms with E-state index in [0.717, 1.165) is 12.0 Å². The van der Waals surface area contributed by atoms with Gasteiger partial charge in [0.1, 0.15) is 0 Å². The monoisotopic (exact) mass is 434 g/mol. The largest absolute Gasteiger partial charge is 0.466 e. The molecule has 1 aliphatic heterocycles. The van der Waals surface area contributed by atoms with Crippen LogP contribution in [0, 0.1) is 0 Å². The second kappa shape index (κ2) is 10.4. The van der Waals surface area contributed by atoms with Crippen molar-refractivity contribution in [3.05, 3.63) is 57.5 Å². The van der Waals surface area contributed by atoms with Crippen LogP contribution in [0.5, 0.6) is 0 Å². The number of esters is 1. The van der Waals surface area contributed by atoms with Crippen LogP contribution >= 0.6 is 23.5 Å². The summed E-state index contributed by atoms with van der Waals surface area (Å²) in [6, 6.07) is 9.98. The molecule has 1 aromatic heterocycles. The van der Waals surface area contributed by atoms with Gasteiger partial charge in [-0.05, 0) is 18.4 Å². The number of carbonyl (C=O) groups is 2. The summed E-state index contributed by atoms with van der Waals surface area (Å²) >= 11 is 2.81. The molecule has 29 heavy (non-hydrogen) atoms. The first-order valence-corrected chi connectivity index (χ1v) is 11.1. The topological polar surface area (TPSA) is 97.3 Å². The number of rotatable bonds is 9. The van der Waals surface area contributed by atoms with E-state index < -0.39 is 5.97 Å². The van der Waals surface area contributed by atoms with Crippen molar-refractivity contribution in [3.8, 4) is 0 Å². The Morgan fingerprint density at radius 3 is 2.86 bits per heavy atom. The van der Waals surface area contributed by atoms with E-state index >= 15 is 0 Å². The molecule has 8 nitrogen and oxygen atoms in total. The van der Waals surface area contributed by atoms with Crippen LogP contribution in [0.15, 0.2) is 51.4 Å². The smallest absolute Gasteiger partial charge is 0.343 e. The molecule has 3 rings (SSSR count). The molecular weight excluding hydrogens is 412 g/mol. The molecule has 1 saturated heterocycles. The van der Waals surface area contributed by atoms with Crippen LogP contribution in [-0.4, -0.2) is 56.7 Å². The van der Waals surface area contributed by atoms with E-state index in [1.165, 1.54) is 36.7 Å². The summed E-state index contributed by atoms with van der Waals surface area (Å²) in [4.78, 5) is 37.1. The van der Waals surface area contributed by atoms with E-state index in [2.05, 4.69) is 14.9 Å². The standard InChI is InChI=1S/C19H22N4O4S2/c1-27-17(25)12-16-22(15(24)13-29-16)9-5-11-28-19-21-20-18(26)23(19)10-8-14-6-3-2-4-7-14/h2-4,6-7,12H,5,8-11,13H2,1H3,(H,20,26)/b16-12+. The number of hydrogen-bond acceptors (Lipinski definition) is 7. The molecule has 0 bridgehead atoms. The van der Waals surface area contributed by atoms with Crippen molar-refractivity contribution in [3.63, 3.8) is 0 Å². The predicted octanol–water partition coefficient (Wildman–Crippen LogP) is 1.89. The summed E-state index contributed by atoms with van der Waals surface area (Å²) < 4.78 is 6.27. The Hall–Kier alpha value is -2.46. The summed E-state index contributed by atoms with van der Waals surface area (Å²) in [6.45, 7) is 1.05. The molecule has 1 N–H and O–H groups in total. The maximum absolute atomic E-state index is 12.0. The minimum Gasteiger partial charge on any atom is -0.466 e. The summed E-state index contributed by atoms with van der Waals surface area (Å²) in [5.74, 6) is 0.527. The van der Waals surface area contributed by atoms with Crippen molar-refractivity contribution in [1.82, 2.24) is 19.7 Å². The number of carbonyl (C=O) groups excluding carboxylic acids is 2. The van der Waals surface area contributed by atoms with Crippen LogP contribution in [0.25, 0.3) is 0 Å². The van der Waals surface area contributed by atoms with Gasteiger partial charge in [-0.1, -0.05) is 53.9 Å². The van der Waals surface area contributed by atoms with Gasteiger partial charge in [0.05, 0.1) is 24.0 Å². The SMILES string of the molecule is COC(=O)/C=C1/SCC(=O)N1CCCSc1n[nH]c(=O)n1CCc1ccccc1. The highest BCUT2D eigenvalue weighted by molar-refractivity contribution is 8.04. The van der Waals surface area contributed by atoms with Crippen LogP contribution in [-0.2, 0) is 27.3 Å². The molecule has 0 spiro atoms. The molecule has 1 aromatic carbocycles. The van der Waals surface area contributed by atoms with Crippen molar-refractivity contribution in [2.75, 3.05) is 25.2 Å². The van der Waals surface area contributed by atoms with Crippen molar-refractivity contribution in [2.45, 2.75) is 24.5 Å². The molecule has 2 heterocycles. The lowest BCUT2D eigenvalue weighted by Gasteiger charge is -2.16. The highest BCUT2D eigenvalue weighted by Crippen LogP contribution is 2.29. The first-order chi connectivity index (χ1) is 14.1. The molecule has 0 unspecified atom stereocenters. The summed E-state index contributed by atoms with van der Waals surface area (Å²) in [7, 11) is 1.31. The number of nitrogens with zero attached hydrogens (tertiary/aromatic N) is 3. The molecule has 1 amide bonds. The third-order valence-corrected chi connectivity index (χ3v) is 6.39. The van der Waals surface area contributed by atoms with Gasteiger partial charge < -0.3 is 9.64 Å². The first-order valence-electron chi connectivity index (χ1n) is 9.13. The van der Waals surface area contributed by atoms with E-state index in [1.54, 1.807) is 9.47 Å². The number of aromatic nitrogens is 3. The molecule has 0 atom stereocenters. The molecule has 0 aliphatic carbocycles. The Kier molecular flexibility index (Phi) is 7.59. The lowest BCUT2D eigenvalue weighted by Crippen LogP contribution is -2.26. The van der Waals surface area contributed by atoms with Crippen molar-refractivity contribution in [1.29, 1.82) is 0 Å². The van der Waals surface area contributed by atoms with Crippen LogP contribution < -0.4 is 5.69 Å². The number of benzene rings is 1. The number of methoxy groups -OCH3 is 1. The normalized spacial score (nSPS) is 15.3. The summed E-state index contributed by atoms with van der Waals surface area (Å²) in [5, 5.41) is 7.87. The fourth-order valence-corrected chi connectivity index (χ4v) is 4.66. The van der Waals surface area contributed by atoms with E-state index in [9.17, 15) is 14.4 Å². The maximum atomic E-state index is 12.0. The van der Waals surface area contributed by atoms with Gasteiger partial charge in [-0.25, -0.2) is 14.7 Å². The Bertz CT molecular complexity index is 939. The molecular formula is C19H22N4O4S2. The predicted molar refractivity (Wildman–Crippen MR) is 113 cm³/mol. The highest BCUT2D eigenvalue weighted by atomic mass is 32.2. The molecule has 154 valence electrons. The van der Waals surface area contributed by atoms with Gasteiger partial charge in [0.25, 0.3) is 0 Å². The van der Waals surface area contributed by atoms with E-state index in [0.29, 0.717) is 41.2 Å². The zero-order valence-corrected chi connectivity index (χ0v) is 17.6. The first kappa shape index (κ1) is 21.3. The van der Waals surface area contributed by atoms with Crippen LogP contribution in [0.2, 0.25) is 0 Å². The quantitative estimate of drug-likeness (QED) is 0.279. The Morgan fingerprint density at radius 1 is 1.31 bits per heavy atom. The number of hydrogen-bond donors (Lipinski definition) is 1. The fourth-order valence-electron chi connectivity index (χ4n) is 2.81. The van der Waals surface area contributed by atoms with Crippen LogP contribution in [0.3, 0.4) is 0 Å². The lowest BCUT2D eigenvalue weighted by atomic mass is 10.1. The number of nitrogens with one attached hydrogen (secondary N) is 1. The van der Waals surface area contributed by atoms with E-state index in [-0.39, 0.29) is 11.6 Å². The fraction of sp³-hybridized carbons (Fsp3) is 0.368. The molecule has 1 aliphatic rings. The second-order valence-electron chi connectivity index (χ2n) is 6.24. The Morgan fingerprint density at radius 2 is 2.10 bits per heavy atom. The van der Waals surface area contributed by atoms with Crippen LogP contribution in [0.4, 0.5) is 0 Å². The van der Waals surface area contributed by atoms with E-state index in [4.69, 9.17) is 0 Å². The van der Waals surface area contributed by atoms with Gasteiger partial charge in [0.15, 0.2) is 5.16 Å². The van der Waals surface area contributed by atoms with Gasteiger partial charge >= 0.3 is 11.7 Å². The van der Waals surface area contributed by atoms with Gasteiger partial charge in [-0.3, -0.25) is 9.36 Å². The van der Waals surface area contributed by atoms with E-state index in [1.807, 2.05) is 30.3 Å². The van der Waals surface area contributed by atoms with Gasteiger partial charge in [-0.2, -0.15) is 0 Å². The zero-order valence-electron chi connectivity index (χ0n) is 16.0. The lowest BCUT2D eigenvalue weighted by molar-refractivity contribution is -0.134. The van der Waals surface area contributed by atoms with Gasteiger partial charge in [0.2, 0.25) is 5.91 Å². The van der Waals surface area contributed by atoms with Crippen molar-refractivity contribution >= 4 is 35.4 Å². The van der Waals surface area contributed by atoms with Gasteiger partial charge in [0, 0.05) is 18.8 Å². The number of aromatic amines is 1. The van der Waals surface area contributed by atoms with Crippen molar-refractivity contribution in [2.24, 2.45) is 0 Å². The van der Waals surface area contributed by atoms with Crippen LogP contribution in [0.1, 0.15) is 12.0 Å². The minimum absolute atomic E-state index is 0.0188. The molecule has 2 aromatic rings. The number of aryl methyl sites for hydroxylation is 1. The van der Waals surface area contributed by atoms with Crippen molar-refractivity contribution < 1.29 is 14.3 Å². The zero-order chi connectivity index (χ0) is 20.6. The maximum Gasteiger partial charge on any atom is 0.343 e. The number of H-pyrrole nitrogens is 1. The average molecular weight is 435 g/mol. The van der Waals surface area contributed by atoms with Gasteiger partial charge in [-0.15, -0.1) is 5.10 Å². The number of thioether (sulfide) groups is 2. The molecule has 10 heteroatoms. The summed E-state index contributed by atoms with van der Waals surface area (Å²) in [6.07, 6.45) is 2.79. The Balaban J connectivity index is 1.52. The Labute approximate surface area is 176 Å².